The number of anilines is 1. The molecule has 3 heteroatoms. The molecule has 0 spiro atoms. The molecule has 0 saturated carbocycles. The minimum atomic E-state index is -0.286. The predicted molar refractivity (Wildman–Crippen MR) is 80.8 cm³/mol. The number of carbonyl (C=O) groups excluding carboxylic acids is 1. The molecule has 0 aliphatic heterocycles. The molecule has 2 aromatic rings. The number of hydrogen-bond donors (Lipinski definition) is 1. The first kappa shape index (κ1) is 14.1. The zero-order valence-electron chi connectivity index (χ0n) is 11.8. The summed E-state index contributed by atoms with van der Waals surface area (Å²) in [6.45, 7) is 4.20. The molecule has 0 atom stereocenters. The second kappa shape index (κ2) is 6.24. The minimum absolute atomic E-state index is 0.286. The Morgan fingerprint density at radius 3 is 2.70 bits per heavy atom. The molecule has 0 fully saturated rings. The molecule has 0 saturated heterocycles. The van der Waals surface area contributed by atoms with Gasteiger partial charge in [-0.1, -0.05) is 24.3 Å². The summed E-state index contributed by atoms with van der Waals surface area (Å²) < 4.78 is 5.01. The van der Waals surface area contributed by atoms with Crippen LogP contribution in [0.15, 0.2) is 42.5 Å². The van der Waals surface area contributed by atoms with Gasteiger partial charge in [0.2, 0.25) is 0 Å². The van der Waals surface area contributed by atoms with Gasteiger partial charge in [-0.15, -0.1) is 0 Å². The van der Waals surface area contributed by atoms with Gasteiger partial charge in [0.1, 0.15) is 0 Å². The van der Waals surface area contributed by atoms with E-state index in [1.165, 1.54) is 0 Å². The van der Waals surface area contributed by atoms with Crippen LogP contribution in [0.25, 0.3) is 0 Å². The molecular formula is C17H19NO2. The minimum Gasteiger partial charge on any atom is -0.462 e. The van der Waals surface area contributed by atoms with E-state index >= 15 is 0 Å². The maximum atomic E-state index is 11.7. The van der Waals surface area contributed by atoms with E-state index in [9.17, 15) is 4.79 Å². The third-order valence-corrected chi connectivity index (χ3v) is 3.13. The van der Waals surface area contributed by atoms with Crippen molar-refractivity contribution in [1.82, 2.24) is 0 Å². The van der Waals surface area contributed by atoms with Gasteiger partial charge >= 0.3 is 5.97 Å². The summed E-state index contributed by atoms with van der Waals surface area (Å²) in [5.74, 6) is -0.286. The predicted octanol–water partition coefficient (Wildman–Crippen LogP) is 3.34. The van der Waals surface area contributed by atoms with E-state index in [4.69, 9.17) is 10.5 Å². The van der Waals surface area contributed by atoms with Gasteiger partial charge in [0, 0.05) is 5.69 Å². The SMILES string of the molecule is CCOC(=O)c1cccc(Cc2ccc(C)cc2N)c1. The van der Waals surface area contributed by atoms with Gasteiger partial charge in [-0.2, -0.15) is 0 Å². The van der Waals surface area contributed by atoms with Gasteiger partial charge in [-0.3, -0.25) is 0 Å². The van der Waals surface area contributed by atoms with Crippen LogP contribution < -0.4 is 5.73 Å². The third kappa shape index (κ3) is 3.38. The topological polar surface area (TPSA) is 52.3 Å². The van der Waals surface area contributed by atoms with E-state index in [2.05, 4.69) is 0 Å². The summed E-state index contributed by atoms with van der Waals surface area (Å²) in [6, 6.07) is 13.5. The van der Waals surface area contributed by atoms with Crippen molar-refractivity contribution in [3.05, 3.63) is 64.7 Å². The molecule has 0 radical (unpaired) electrons. The largest absolute Gasteiger partial charge is 0.462 e. The number of nitrogens with two attached hydrogens (primary N) is 1. The second-order valence-corrected chi connectivity index (χ2v) is 4.80. The first-order valence-electron chi connectivity index (χ1n) is 6.71. The summed E-state index contributed by atoms with van der Waals surface area (Å²) >= 11 is 0. The van der Waals surface area contributed by atoms with Crippen molar-refractivity contribution in [2.24, 2.45) is 0 Å². The highest BCUT2D eigenvalue weighted by molar-refractivity contribution is 5.89. The third-order valence-electron chi connectivity index (χ3n) is 3.13. The van der Waals surface area contributed by atoms with Crippen molar-refractivity contribution >= 4 is 11.7 Å². The normalized spacial score (nSPS) is 10.3. The summed E-state index contributed by atoms with van der Waals surface area (Å²) in [5, 5.41) is 0. The zero-order valence-corrected chi connectivity index (χ0v) is 11.8. The molecular weight excluding hydrogens is 250 g/mol. The molecule has 2 N–H and O–H groups in total. The Hall–Kier alpha value is -2.29. The van der Waals surface area contributed by atoms with Crippen molar-refractivity contribution in [2.75, 3.05) is 12.3 Å². The molecule has 0 bridgehead atoms. The molecule has 2 aromatic carbocycles. The molecule has 0 aromatic heterocycles. The van der Waals surface area contributed by atoms with Crippen LogP contribution in [-0.4, -0.2) is 12.6 Å². The van der Waals surface area contributed by atoms with Gasteiger partial charge in [0.05, 0.1) is 12.2 Å². The molecule has 0 aliphatic carbocycles. The Morgan fingerprint density at radius 1 is 1.20 bits per heavy atom. The van der Waals surface area contributed by atoms with Gasteiger partial charge in [0.25, 0.3) is 0 Å². The Labute approximate surface area is 119 Å². The van der Waals surface area contributed by atoms with E-state index < -0.39 is 0 Å². The van der Waals surface area contributed by atoms with Crippen LogP contribution in [0.2, 0.25) is 0 Å². The molecule has 2 rings (SSSR count). The Bertz CT molecular complexity index is 620. The lowest BCUT2D eigenvalue weighted by molar-refractivity contribution is 0.0526. The summed E-state index contributed by atoms with van der Waals surface area (Å²) in [6.07, 6.45) is 0.708. The van der Waals surface area contributed by atoms with E-state index in [1.807, 2.05) is 43.3 Å². The van der Waals surface area contributed by atoms with Gasteiger partial charge in [-0.05, 0) is 55.2 Å². The summed E-state index contributed by atoms with van der Waals surface area (Å²) in [4.78, 5) is 11.7. The standard InChI is InChI=1S/C17H19NO2/c1-3-20-17(19)15-6-4-5-13(11-15)10-14-8-7-12(2)9-16(14)18/h4-9,11H,3,10,18H2,1-2H3. The van der Waals surface area contributed by atoms with Crippen LogP contribution in [0.1, 0.15) is 34.0 Å². The molecule has 0 unspecified atom stereocenters. The van der Waals surface area contributed by atoms with Gasteiger partial charge < -0.3 is 10.5 Å². The van der Waals surface area contributed by atoms with Crippen molar-refractivity contribution in [1.29, 1.82) is 0 Å². The fourth-order valence-electron chi connectivity index (χ4n) is 2.12. The van der Waals surface area contributed by atoms with E-state index in [-0.39, 0.29) is 5.97 Å². The van der Waals surface area contributed by atoms with Crippen LogP contribution >= 0.6 is 0 Å². The number of ether oxygens (including phenoxy) is 1. The fourth-order valence-corrected chi connectivity index (χ4v) is 2.12. The van der Waals surface area contributed by atoms with E-state index in [1.54, 1.807) is 13.0 Å². The molecule has 0 amide bonds. The molecule has 104 valence electrons. The molecule has 3 nitrogen and oxygen atoms in total. The maximum absolute atomic E-state index is 11.7. The van der Waals surface area contributed by atoms with Crippen LogP contribution in [0.5, 0.6) is 0 Å². The van der Waals surface area contributed by atoms with Crippen LogP contribution in [0.4, 0.5) is 5.69 Å². The smallest absolute Gasteiger partial charge is 0.338 e. The number of rotatable bonds is 4. The van der Waals surface area contributed by atoms with Gasteiger partial charge in [0.15, 0.2) is 0 Å². The fraction of sp³-hybridized carbons (Fsp3) is 0.235. The lowest BCUT2D eigenvalue weighted by Gasteiger charge is -2.08. The van der Waals surface area contributed by atoms with Gasteiger partial charge in [-0.25, -0.2) is 4.79 Å². The number of esters is 1. The average molecular weight is 269 g/mol. The highest BCUT2D eigenvalue weighted by atomic mass is 16.5. The van der Waals surface area contributed by atoms with Crippen LogP contribution in [-0.2, 0) is 11.2 Å². The Balaban J connectivity index is 2.21. The maximum Gasteiger partial charge on any atom is 0.338 e. The molecule has 0 heterocycles. The highest BCUT2D eigenvalue weighted by Gasteiger charge is 2.08. The first-order valence-corrected chi connectivity index (χ1v) is 6.71. The number of nitrogen functional groups attached to an aromatic ring is 1. The molecule has 0 aliphatic rings. The lowest BCUT2D eigenvalue weighted by atomic mass is 10.0. The average Bonchev–Trinajstić information content (AvgIpc) is 2.43. The summed E-state index contributed by atoms with van der Waals surface area (Å²) in [5.41, 5.74) is 10.6. The highest BCUT2D eigenvalue weighted by Crippen LogP contribution is 2.19. The van der Waals surface area contributed by atoms with Crippen molar-refractivity contribution in [2.45, 2.75) is 20.3 Å². The first-order chi connectivity index (χ1) is 9.60. The van der Waals surface area contributed by atoms with E-state index in [0.29, 0.717) is 18.6 Å². The second-order valence-electron chi connectivity index (χ2n) is 4.80. The van der Waals surface area contributed by atoms with Crippen molar-refractivity contribution in [3.8, 4) is 0 Å². The number of aryl methyl sites for hydroxylation is 1. The molecule has 20 heavy (non-hydrogen) atoms. The van der Waals surface area contributed by atoms with Crippen LogP contribution in [0, 0.1) is 6.92 Å². The lowest BCUT2D eigenvalue weighted by Crippen LogP contribution is -2.05. The van der Waals surface area contributed by atoms with Crippen LogP contribution in [0.3, 0.4) is 0 Å². The quantitative estimate of drug-likeness (QED) is 0.684. The Kier molecular flexibility index (Phi) is 4.41. The van der Waals surface area contributed by atoms with Crippen molar-refractivity contribution in [3.63, 3.8) is 0 Å². The number of hydrogen-bond acceptors (Lipinski definition) is 3. The Morgan fingerprint density at radius 2 is 2.00 bits per heavy atom. The number of carbonyl (C=O) groups is 1. The van der Waals surface area contributed by atoms with Crippen molar-refractivity contribution < 1.29 is 9.53 Å². The zero-order chi connectivity index (χ0) is 14.5. The monoisotopic (exact) mass is 269 g/mol. The summed E-state index contributed by atoms with van der Waals surface area (Å²) in [7, 11) is 0. The van der Waals surface area contributed by atoms with E-state index in [0.717, 1.165) is 22.4 Å². The number of benzene rings is 2.